The number of nitrogens with zero attached hydrogens (tertiary/aromatic N) is 5. The predicted molar refractivity (Wildman–Crippen MR) is 396 cm³/mol. The molecule has 0 radical (unpaired) electrons. The highest BCUT2D eigenvalue weighted by atomic mass is 16.7. The van der Waals surface area contributed by atoms with Crippen molar-refractivity contribution in [1.82, 2.24) is 28.8 Å². The van der Waals surface area contributed by atoms with E-state index in [0.29, 0.717) is 59.2 Å². The number of fused-ring (bicyclic) bond motifs is 12. The zero-order chi connectivity index (χ0) is 76.9. The number of H-pyrrole nitrogens is 1. The van der Waals surface area contributed by atoms with Gasteiger partial charge >= 0.3 is 0 Å². The summed E-state index contributed by atoms with van der Waals surface area (Å²) in [6.07, 6.45) is -13.1. The molecular formula is C81H112N6O23. The number of phenols is 1. The van der Waals surface area contributed by atoms with Crippen LogP contribution in [-0.2, 0) is 38.2 Å². The van der Waals surface area contributed by atoms with E-state index in [9.17, 15) is 86.8 Å². The lowest BCUT2D eigenvalue weighted by molar-refractivity contribution is -0.277. The van der Waals surface area contributed by atoms with Gasteiger partial charge in [0.15, 0.2) is 12.5 Å². The third kappa shape index (κ3) is 12.9. The summed E-state index contributed by atoms with van der Waals surface area (Å²) in [4.78, 5) is 11.7. The number of aliphatic hydroxyl groups excluding tert-OH is 16. The Morgan fingerprint density at radius 1 is 0.400 bits per heavy atom. The van der Waals surface area contributed by atoms with Crippen molar-refractivity contribution in [3.8, 4) is 17.2 Å². The molecule has 3 aromatic carbocycles. The number of aromatic amines is 1. The number of benzene rings is 3. The van der Waals surface area contributed by atoms with Crippen molar-refractivity contribution in [3.63, 3.8) is 0 Å². The van der Waals surface area contributed by atoms with Crippen LogP contribution in [0.15, 0.2) is 54.6 Å². The maximum absolute atomic E-state index is 11.3. The van der Waals surface area contributed by atoms with E-state index in [4.69, 9.17) is 28.4 Å². The van der Waals surface area contributed by atoms with Crippen molar-refractivity contribution in [2.75, 3.05) is 65.7 Å². The molecule has 3 aromatic heterocycles. The quantitative estimate of drug-likeness (QED) is 0.0758. The largest absolute Gasteiger partial charge is 0.508 e. The van der Waals surface area contributed by atoms with Crippen LogP contribution in [0.5, 0.6) is 17.2 Å². The lowest BCUT2D eigenvalue weighted by Gasteiger charge is -2.54. The van der Waals surface area contributed by atoms with Gasteiger partial charge in [-0.05, 0) is 165 Å². The maximum Gasteiger partial charge on any atom is 0.229 e. The Balaban J connectivity index is 0.000000122. The first-order valence-electron chi connectivity index (χ1n) is 40.5. The number of aromatic hydroxyl groups is 1. The molecular weight excluding hydrogens is 1420 g/mol. The lowest BCUT2D eigenvalue weighted by atomic mass is 9.65. The minimum Gasteiger partial charge on any atom is -0.508 e. The second-order valence-corrected chi connectivity index (χ2v) is 34.2. The van der Waals surface area contributed by atoms with Gasteiger partial charge in [-0.15, -0.1) is 0 Å². The highest BCUT2D eigenvalue weighted by Gasteiger charge is 2.56. The number of piperidine rings is 6. The van der Waals surface area contributed by atoms with Gasteiger partial charge in [-0.25, -0.2) is 0 Å². The Morgan fingerprint density at radius 3 is 1.21 bits per heavy atom. The van der Waals surface area contributed by atoms with Gasteiger partial charge in [-0.2, -0.15) is 0 Å². The molecule has 22 rings (SSSR count). The fraction of sp³-hybridized carbons (Fsp3) is 0.704. The van der Waals surface area contributed by atoms with Crippen LogP contribution < -0.4 is 9.47 Å². The summed E-state index contributed by atoms with van der Waals surface area (Å²) in [5.74, 6) is 5.84. The highest BCUT2D eigenvalue weighted by Crippen LogP contribution is 2.57. The molecule has 3 aliphatic carbocycles. The van der Waals surface area contributed by atoms with Gasteiger partial charge in [-0.1, -0.05) is 40.0 Å². The molecule has 13 fully saturated rings. The third-order valence-electron chi connectivity index (χ3n) is 28.3. The lowest BCUT2D eigenvalue weighted by Crippen LogP contribution is -2.60. The fourth-order valence-corrected chi connectivity index (χ4v) is 23.3. The molecule has 13 aliphatic heterocycles. The van der Waals surface area contributed by atoms with Crippen LogP contribution in [-0.4, -0.2) is 310 Å². The highest BCUT2D eigenvalue weighted by molar-refractivity contribution is 5.89. The van der Waals surface area contributed by atoms with E-state index in [1.165, 1.54) is 55.5 Å². The minimum absolute atomic E-state index is 0.138. The van der Waals surface area contributed by atoms with E-state index in [1.807, 2.05) is 39.5 Å². The van der Waals surface area contributed by atoms with E-state index < -0.39 is 149 Å². The molecule has 12 bridgehead atoms. The molecule has 10 saturated heterocycles. The Hall–Kier alpha value is -5.24. The number of hydrogen-bond donors (Lipinski definition) is 18. The summed E-state index contributed by atoms with van der Waals surface area (Å²) in [5, 5.41) is 178. The smallest absolute Gasteiger partial charge is 0.229 e. The number of rotatable bonds is 13. The zero-order valence-electron chi connectivity index (χ0n) is 62.5. The molecule has 18 N–H and O–H groups in total. The van der Waals surface area contributed by atoms with Crippen molar-refractivity contribution in [2.45, 2.75) is 256 Å². The van der Waals surface area contributed by atoms with Crippen molar-refractivity contribution in [1.29, 1.82) is 0 Å². The summed E-state index contributed by atoms with van der Waals surface area (Å²) in [7, 11) is 0. The summed E-state index contributed by atoms with van der Waals surface area (Å²) in [5.41, 5.74) is 9.76. The first-order valence-corrected chi connectivity index (χ1v) is 40.5. The number of ether oxygens (including phenoxy) is 6. The molecule has 6 aromatic rings. The van der Waals surface area contributed by atoms with E-state index in [2.05, 4.69) is 40.5 Å². The molecule has 29 heteroatoms. The second-order valence-electron chi connectivity index (χ2n) is 34.2. The first-order chi connectivity index (χ1) is 53.1. The molecule has 604 valence electrons. The predicted octanol–water partition coefficient (Wildman–Crippen LogP) is 0.739. The van der Waals surface area contributed by atoms with Crippen molar-refractivity contribution in [2.24, 2.45) is 35.5 Å². The van der Waals surface area contributed by atoms with Gasteiger partial charge in [0.1, 0.15) is 115 Å². The average Bonchev–Trinajstić information content (AvgIpc) is 1.56. The Bertz CT molecular complexity index is 4270. The number of aromatic nitrogens is 3. The van der Waals surface area contributed by atoms with Gasteiger partial charge in [0.25, 0.3) is 0 Å². The molecule has 35 atom stereocenters. The Labute approximate surface area is 637 Å². The number of hydrogen-bond acceptors (Lipinski definition) is 26. The van der Waals surface area contributed by atoms with Gasteiger partial charge < -0.3 is 129 Å². The monoisotopic (exact) mass is 1540 g/mol. The number of aliphatic hydroxyl groups is 16. The van der Waals surface area contributed by atoms with Crippen LogP contribution in [0.25, 0.3) is 32.7 Å². The summed E-state index contributed by atoms with van der Waals surface area (Å²) in [6, 6.07) is 17.7. The average molecular weight is 1540 g/mol. The number of nitrogens with one attached hydrogen (secondary N) is 1. The Kier molecular flexibility index (Phi) is 21.6. The molecule has 29 nitrogen and oxygen atoms in total. The number of phenolic OH excluding ortho intramolecular Hbond substituents is 1. The van der Waals surface area contributed by atoms with Crippen LogP contribution in [0.1, 0.15) is 143 Å². The van der Waals surface area contributed by atoms with Crippen molar-refractivity contribution in [3.05, 3.63) is 88.4 Å². The first kappa shape index (κ1) is 77.3. The molecule has 12 unspecified atom stereocenters. The second kappa shape index (κ2) is 30.8. The van der Waals surface area contributed by atoms with Gasteiger partial charge in [0.2, 0.25) is 12.6 Å². The van der Waals surface area contributed by atoms with Gasteiger partial charge in [0.05, 0.1) is 37.5 Å². The van der Waals surface area contributed by atoms with Crippen LogP contribution >= 0.6 is 0 Å². The molecule has 16 aliphatic rings. The van der Waals surface area contributed by atoms with E-state index >= 15 is 0 Å². The zero-order valence-corrected chi connectivity index (χ0v) is 62.5. The SMILES string of the molecule is CC[C@H]1C[C@H]2C[C@H]3c4[nH]c5ccc(O[C@H]6OC(CO)[C@@H](O)[C@H](O)C6O)cc5c4CCN(C2)C13.CC[C@H]1C[C@H]2C[C@H]3c4c(c5cc(O)ccc5n4[C@H]4O[C@@H](CO)[C@@H](O)[C@H](O)C4O)CCN(C2)C13.CC[C@H]1C[C@H]2C[C@H]3c4c(c5cc(O[C@H]6OC(CO)[C@@H](O)[C@H](O)C6O)ccc5n4[C@H]4O[C@@H](CO)[C@@H](O)[C@H](O)C4O)CCN(C2)C13. The van der Waals surface area contributed by atoms with E-state index in [1.54, 1.807) is 24.3 Å². The maximum atomic E-state index is 11.3. The van der Waals surface area contributed by atoms with E-state index in [0.717, 1.165) is 139 Å². The fourth-order valence-electron chi connectivity index (χ4n) is 23.3. The van der Waals surface area contributed by atoms with E-state index in [-0.39, 0.29) is 17.6 Å². The molecule has 0 amide bonds. The summed E-state index contributed by atoms with van der Waals surface area (Å²) >= 11 is 0. The Morgan fingerprint density at radius 2 is 0.773 bits per heavy atom. The van der Waals surface area contributed by atoms with Crippen LogP contribution in [0.3, 0.4) is 0 Å². The normalized spacial score (nSPS) is 43.5. The van der Waals surface area contributed by atoms with Gasteiger partial charge in [0, 0.05) is 114 Å². The van der Waals surface area contributed by atoms with Crippen LogP contribution in [0.2, 0.25) is 0 Å². The standard InChI is InChI=1S/C31H44N2O11.2C25H34N2O6/c1-2-14-7-13-8-18-22(14)32(10-13)6-5-16-17-9-15(42-31-29(41)27(39)25(37)21(12-35)44-31)3-4-19(17)33(23(16)18)30-28(40)26(38)24(36)20(11-34)43-30;1-2-13-7-12-8-17-20-15(5-6-27(10-12)21(13)17)16-9-14(3-4-18(16)26-20)32-25-24(31)23(30)22(29)19(11-28)33-25;1-2-13-7-12-8-17-20(13)26(10-12)6-5-15-16-9-14(29)3-4-18(16)27(21(15)17)25-24(32)23(31)22(30)19(11-28)33-25/h3-4,9,13-14,18,20-22,24-31,34-41H,2,5-8,10-12H2,1H3;3-4,9,12-13,17,19,21-26,28-31H,2,5-8,10-11H2,1H3;3-4,9,12-13,17,19-20,22-25,28-32H,2,5-8,10-11H2,1H3/t13-,14-,18+,20-,21?,22?,24+,25+,26-,27-,28?,29?,30-,31-;12-,13-,17-,19?,21?,22+,23-,24?,25-;12-,13-,17+,19-,20?,22+,23-,24?,25-/m000/s1. The molecule has 0 spiro atoms. The molecule has 3 saturated carbocycles. The third-order valence-corrected chi connectivity index (χ3v) is 28.3. The van der Waals surface area contributed by atoms with Crippen LogP contribution in [0, 0.1) is 35.5 Å². The van der Waals surface area contributed by atoms with Crippen molar-refractivity contribution < 1.29 is 115 Å². The van der Waals surface area contributed by atoms with Crippen molar-refractivity contribution >= 4 is 32.7 Å². The summed E-state index contributed by atoms with van der Waals surface area (Å²) in [6.45, 7) is 11.1. The summed E-state index contributed by atoms with van der Waals surface area (Å²) < 4.78 is 39.2. The minimum atomic E-state index is -1.58. The molecule has 16 heterocycles. The van der Waals surface area contributed by atoms with Crippen LogP contribution in [0.4, 0.5) is 0 Å². The molecule has 110 heavy (non-hydrogen) atoms. The topological polar surface area (TPSA) is 435 Å². The van der Waals surface area contributed by atoms with Gasteiger partial charge in [-0.3, -0.25) is 14.7 Å².